The molecule has 1 aromatic carbocycles. The standard InChI is InChI=1S/C17H25N3O5/c1-19(12-17(22)20-6-8-25-9-7-20)11-16(21)18-13-4-5-14(23-2)15(10-13)24-3/h4-5,10H,6-9,11-12H2,1-3H3,(H,18,21). The van der Waals surface area contributed by atoms with E-state index in [2.05, 4.69) is 5.32 Å². The molecule has 0 aromatic heterocycles. The maximum absolute atomic E-state index is 12.2. The van der Waals surface area contributed by atoms with Gasteiger partial charge in [-0.2, -0.15) is 0 Å². The minimum Gasteiger partial charge on any atom is -0.493 e. The lowest BCUT2D eigenvalue weighted by Gasteiger charge is -2.28. The molecule has 0 saturated carbocycles. The molecule has 1 aliphatic rings. The first kappa shape index (κ1) is 19.0. The van der Waals surface area contributed by atoms with E-state index < -0.39 is 0 Å². The Hall–Kier alpha value is -2.32. The van der Waals surface area contributed by atoms with Crippen molar-refractivity contribution in [2.45, 2.75) is 0 Å². The Bertz CT molecular complexity index is 602. The monoisotopic (exact) mass is 351 g/mol. The molecule has 0 atom stereocenters. The first-order valence-corrected chi connectivity index (χ1v) is 8.09. The number of anilines is 1. The number of rotatable bonds is 7. The van der Waals surface area contributed by atoms with Gasteiger partial charge in [-0.25, -0.2) is 0 Å². The lowest BCUT2D eigenvalue weighted by atomic mass is 10.2. The molecule has 2 amide bonds. The molecular weight excluding hydrogens is 326 g/mol. The molecule has 0 aliphatic carbocycles. The molecule has 1 saturated heterocycles. The van der Waals surface area contributed by atoms with Gasteiger partial charge >= 0.3 is 0 Å². The molecule has 25 heavy (non-hydrogen) atoms. The van der Waals surface area contributed by atoms with Crippen LogP contribution in [0.4, 0.5) is 5.69 Å². The van der Waals surface area contributed by atoms with E-state index in [1.165, 1.54) is 7.11 Å². The van der Waals surface area contributed by atoms with E-state index in [0.717, 1.165) is 0 Å². The zero-order valence-electron chi connectivity index (χ0n) is 14.9. The summed E-state index contributed by atoms with van der Waals surface area (Å²) in [7, 11) is 4.83. The number of likely N-dealkylation sites (N-methyl/N-ethyl adjacent to an activating group) is 1. The van der Waals surface area contributed by atoms with Crippen molar-refractivity contribution >= 4 is 17.5 Å². The second-order valence-electron chi connectivity index (χ2n) is 5.78. The summed E-state index contributed by atoms with van der Waals surface area (Å²) >= 11 is 0. The number of hydrogen-bond donors (Lipinski definition) is 1. The first-order valence-electron chi connectivity index (χ1n) is 8.09. The first-order chi connectivity index (χ1) is 12.0. The highest BCUT2D eigenvalue weighted by atomic mass is 16.5. The maximum Gasteiger partial charge on any atom is 0.238 e. The zero-order chi connectivity index (χ0) is 18.2. The number of morpholine rings is 1. The number of hydrogen-bond acceptors (Lipinski definition) is 6. The third-order valence-corrected chi connectivity index (χ3v) is 3.85. The van der Waals surface area contributed by atoms with E-state index in [0.29, 0.717) is 43.5 Å². The van der Waals surface area contributed by atoms with Gasteiger partial charge < -0.3 is 24.4 Å². The van der Waals surface area contributed by atoms with Crippen LogP contribution in [0.2, 0.25) is 0 Å². The van der Waals surface area contributed by atoms with Crippen LogP contribution < -0.4 is 14.8 Å². The summed E-state index contributed by atoms with van der Waals surface area (Å²) in [6.07, 6.45) is 0. The molecule has 0 spiro atoms. The number of ether oxygens (including phenoxy) is 3. The maximum atomic E-state index is 12.2. The van der Waals surface area contributed by atoms with Gasteiger partial charge in [-0.3, -0.25) is 14.5 Å². The number of amides is 2. The number of methoxy groups -OCH3 is 2. The SMILES string of the molecule is COc1ccc(NC(=O)CN(C)CC(=O)N2CCOCC2)cc1OC. The van der Waals surface area contributed by atoms with Crippen molar-refractivity contribution in [1.82, 2.24) is 9.80 Å². The summed E-state index contributed by atoms with van der Waals surface area (Å²) in [5.41, 5.74) is 0.607. The normalized spacial score (nSPS) is 14.3. The van der Waals surface area contributed by atoms with Gasteiger partial charge in [0.15, 0.2) is 11.5 Å². The minimum absolute atomic E-state index is 0.00437. The Morgan fingerprint density at radius 2 is 1.84 bits per heavy atom. The molecule has 0 unspecified atom stereocenters. The summed E-state index contributed by atoms with van der Waals surface area (Å²) in [5, 5.41) is 2.79. The van der Waals surface area contributed by atoms with E-state index in [-0.39, 0.29) is 24.9 Å². The fraction of sp³-hybridized carbons (Fsp3) is 0.529. The Labute approximate surface area is 147 Å². The van der Waals surface area contributed by atoms with Crippen LogP contribution in [-0.4, -0.2) is 82.3 Å². The van der Waals surface area contributed by atoms with Crippen LogP contribution in [0.15, 0.2) is 18.2 Å². The fourth-order valence-electron chi connectivity index (χ4n) is 2.56. The van der Waals surface area contributed by atoms with Gasteiger partial charge in [0.2, 0.25) is 11.8 Å². The van der Waals surface area contributed by atoms with Gasteiger partial charge in [0.25, 0.3) is 0 Å². The lowest BCUT2D eigenvalue weighted by molar-refractivity contribution is -0.136. The third-order valence-electron chi connectivity index (χ3n) is 3.85. The number of benzene rings is 1. The molecular formula is C17H25N3O5. The van der Waals surface area contributed by atoms with Crippen LogP contribution in [-0.2, 0) is 14.3 Å². The van der Waals surface area contributed by atoms with Crippen LogP contribution in [0.1, 0.15) is 0 Å². The van der Waals surface area contributed by atoms with Crippen LogP contribution in [0, 0.1) is 0 Å². The highest BCUT2D eigenvalue weighted by Gasteiger charge is 2.19. The molecule has 8 heteroatoms. The minimum atomic E-state index is -0.204. The predicted octanol–water partition coefficient (Wildman–Crippen LogP) is 0.433. The highest BCUT2D eigenvalue weighted by molar-refractivity contribution is 5.93. The van der Waals surface area contributed by atoms with Crippen LogP contribution >= 0.6 is 0 Å². The second-order valence-corrected chi connectivity index (χ2v) is 5.78. The van der Waals surface area contributed by atoms with Gasteiger partial charge in [-0.15, -0.1) is 0 Å². The molecule has 138 valence electrons. The van der Waals surface area contributed by atoms with E-state index in [9.17, 15) is 9.59 Å². The quantitative estimate of drug-likeness (QED) is 0.768. The summed E-state index contributed by atoms with van der Waals surface area (Å²) < 4.78 is 15.6. The van der Waals surface area contributed by atoms with E-state index in [4.69, 9.17) is 14.2 Å². The average molecular weight is 351 g/mol. The van der Waals surface area contributed by atoms with Crippen LogP contribution in [0.3, 0.4) is 0 Å². The Kier molecular flexibility index (Phi) is 7.03. The van der Waals surface area contributed by atoms with Crippen molar-refractivity contribution in [2.75, 3.05) is 66.0 Å². The molecule has 1 aromatic rings. The van der Waals surface area contributed by atoms with E-state index in [1.807, 2.05) is 0 Å². The predicted molar refractivity (Wildman–Crippen MR) is 93.1 cm³/mol. The molecule has 8 nitrogen and oxygen atoms in total. The van der Waals surface area contributed by atoms with Crippen molar-refractivity contribution in [3.8, 4) is 11.5 Å². The molecule has 1 N–H and O–H groups in total. The summed E-state index contributed by atoms with van der Waals surface area (Å²) in [4.78, 5) is 27.8. The van der Waals surface area contributed by atoms with Crippen molar-refractivity contribution in [2.24, 2.45) is 0 Å². The smallest absolute Gasteiger partial charge is 0.238 e. The average Bonchev–Trinajstić information content (AvgIpc) is 2.62. The molecule has 0 bridgehead atoms. The number of carbonyl (C=O) groups is 2. The largest absolute Gasteiger partial charge is 0.493 e. The molecule has 1 fully saturated rings. The summed E-state index contributed by atoms with van der Waals surface area (Å²) in [5.74, 6) is 0.930. The highest BCUT2D eigenvalue weighted by Crippen LogP contribution is 2.29. The second kappa shape index (κ2) is 9.24. The van der Waals surface area contributed by atoms with E-state index in [1.54, 1.807) is 42.2 Å². The van der Waals surface area contributed by atoms with Crippen LogP contribution in [0.25, 0.3) is 0 Å². The van der Waals surface area contributed by atoms with E-state index >= 15 is 0 Å². The number of carbonyl (C=O) groups excluding carboxylic acids is 2. The molecule has 2 rings (SSSR count). The van der Waals surface area contributed by atoms with Crippen molar-refractivity contribution in [1.29, 1.82) is 0 Å². The molecule has 1 heterocycles. The van der Waals surface area contributed by atoms with Crippen molar-refractivity contribution < 1.29 is 23.8 Å². The van der Waals surface area contributed by atoms with Crippen LogP contribution in [0.5, 0.6) is 11.5 Å². The molecule has 0 radical (unpaired) electrons. The van der Waals surface area contributed by atoms with Gasteiger partial charge in [0.05, 0.1) is 40.5 Å². The Morgan fingerprint density at radius 3 is 2.48 bits per heavy atom. The van der Waals surface area contributed by atoms with Crippen molar-refractivity contribution in [3.05, 3.63) is 18.2 Å². The van der Waals surface area contributed by atoms with Gasteiger partial charge in [0.1, 0.15) is 0 Å². The third kappa shape index (κ3) is 5.61. The Morgan fingerprint density at radius 1 is 1.16 bits per heavy atom. The van der Waals surface area contributed by atoms with Gasteiger partial charge in [-0.05, 0) is 19.2 Å². The number of nitrogens with zero attached hydrogens (tertiary/aromatic N) is 2. The summed E-state index contributed by atoms with van der Waals surface area (Å²) in [6, 6.07) is 5.15. The molecule has 1 aliphatic heterocycles. The van der Waals surface area contributed by atoms with Crippen molar-refractivity contribution in [3.63, 3.8) is 0 Å². The topological polar surface area (TPSA) is 80.3 Å². The summed E-state index contributed by atoms with van der Waals surface area (Å²) in [6.45, 7) is 2.64. The Balaban J connectivity index is 1.83. The van der Waals surface area contributed by atoms with Gasteiger partial charge in [0, 0.05) is 24.8 Å². The fourth-order valence-corrected chi connectivity index (χ4v) is 2.56. The lowest BCUT2D eigenvalue weighted by Crippen LogP contribution is -2.46. The number of nitrogens with one attached hydrogen (secondary N) is 1. The zero-order valence-corrected chi connectivity index (χ0v) is 14.9. The van der Waals surface area contributed by atoms with Gasteiger partial charge in [-0.1, -0.05) is 0 Å².